The molecule has 1 unspecified atom stereocenters. The second-order valence-corrected chi connectivity index (χ2v) is 5.47. The number of hydrogen-bond donors (Lipinski definition) is 2. The fourth-order valence-electron chi connectivity index (χ4n) is 1.99. The lowest BCUT2D eigenvalue weighted by Crippen LogP contribution is -2.19. The highest BCUT2D eigenvalue weighted by atomic mass is 35.5. The van der Waals surface area contributed by atoms with Crippen LogP contribution in [-0.4, -0.2) is 11.9 Å². The van der Waals surface area contributed by atoms with Crippen molar-refractivity contribution in [2.24, 2.45) is 5.73 Å². The van der Waals surface area contributed by atoms with Crippen LogP contribution in [0.5, 0.6) is 5.75 Å². The van der Waals surface area contributed by atoms with Crippen LogP contribution in [0.4, 0.5) is 10.1 Å². The summed E-state index contributed by atoms with van der Waals surface area (Å²) in [4.78, 5) is 11.7. The van der Waals surface area contributed by atoms with Gasteiger partial charge in [0.25, 0.3) is 0 Å². The maximum atomic E-state index is 13.5. The van der Waals surface area contributed by atoms with Crippen molar-refractivity contribution >= 4 is 24.0 Å². The molecule has 0 aliphatic rings. The fraction of sp³-hybridized carbons (Fsp3) is 0.278. The average Bonchev–Trinajstić information content (AvgIpc) is 2.53. The fourth-order valence-corrected chi connectivity index (χ4v) is 1.99. The van der Waals surface area contributed by atoms with Crippen LogP contribution in [0.3, 0.4) is 0 Å². The molecule has 6 heteroatoms. The predicted molar refractivity (Wildman–Crippen MR) is 95.9 cm³/mol. The van der Waals surface area contributed by atoms with Crippen LogP contribution in [0.25, 0.3) is 0 Å². The van der Waals surface area contributed by atoms with Crippen molar-refractivity contribution in [1.82, 2.24) is 0 Å². The zero-order valence-corrected chi connectivity index (χ0v) is 14.3. The Morgan fingerprint density at radius 2 is 1.88 bits per heavy atom. The number of rotatable bonds is 7. The van der Waals surface area contributed by atoms with Gasteiger partial charge in [0.15, 0.2) is 0 Å². The van der Waals surface area contributed by atoms with Crippen molar-refractivity contribution in [1.29, 1.82) is 0 Å². The molecule has 0 radical (unpaired) electrons. The number of hydrogen-bond acceptors (Lipinski definition) is 3. The second kappa shape index (κ2) is 9.90. The molecule has 2 aromatic rings. The molecular weight excluding hydrogens is 331 g/mol. The number of benzene rings is 2. The minimum absolute atomic E-state index is 0. The third kappa shape index (κ3) is 6.56. The van der Waals surface area contributed by atoms with Crippen LogP contribution in [0.15, 0.2) is 48.5 Å². The van der Waals surface area contributed by atoms with E-state index in [1.165, 1.54) is 6.07 Å². The summed E-state index contributed by atoms with van der Waals surface area (Å²) < 4.78 is 19.0. The Labute approximate surface area is 147 Å². The molecule has 0 aromatic heterocycles. The highest BCUT2D eigenvalue weighted by Gasteiger charge is 2.05. The largest absolute Gasteiger partial charge is 0.489 e. The Morgan fingerprint density at radius 3 is 2.50 bits per heavy atom. The molecule has 130 valence electrons. The quantitative estimate of drug-likeness (QED) is 0.794. The van der Waals surface area contributed by atoms with Crippen molar-refractivity contribution < 1.29 is 13.9 Å². The van der Waals surface area contributed by atoms with Gasteiger partial charge < -0.3 is 15.8 Å². The number of carbonyl (C=O) groups is 1. The molecule has 0 saturated heterocycles. The molecule has 2 aromatic carbocycles. The summed E-state index contributed by atoms with van der Waals surface area (Å²) in [6.07, 6.45) is 1.04. The van der Waals surface area contributed by atoms with E-state index >= 15 is 0 Å². The summed E-state index contributed by atoms with van der Waals surface area (Å²) >= 11 is 0. The zero-order chi connectivity index (χ0) is 16.7. The van der Waals surface area contributed by atoms with Crippen molar-refractivity contribution in [3.8, 4) is 5.75 Å². The number of anilines is 1. The average molecular weight is 353 g/mol. The molecule has 0 bridgehead atoms. The predicted octanol–water partition coefficient (Wildman–Crippen LogP) is 3.89. The molecule has 2 rings (SSSR count). The lowest BCUT2D eigenvalue weighted by atomic mass is 10.2. The van der Waals surface area contributed by atoms with Crippen molar-refractivity contribution in [2.45, 2.75) is 32.4 Å². The third-order valence-corrected chi connectivity index (χ3v) is 3.32. The number of nitrogens with one attached hydrogen (secondary N) is 1. The molecule has 24 heavy (non-hydrogen) atoms. The standard InChI is InChI=1S/C18H21FN2O2.ClH/c1-13(20)6-11-18(22)21-15-7-9-16(10-8-15)23-12-14-4-2-3-5-17(14)19;/h2-5,7-10,13H,6,11-12,20H2,1H3,(H,21,22);1H. The summed E-state index contributed by atoms with van der Waals surface area (Å²) in [5.41, 5.74) is 6.82. The smallest absolute Gasteiger partial charge is 0.224 e. The van der Waals surface area contributed by atoms with Gasteiger partial charge in [-0.05, 0) is 43.7 Å². The molecule has 1 atom stereocenters. The first kappa shape index (κ1) is 19.9. The van der Waals surface area contributed by atoms with Crippen molar-refractivity contribution in [3.63, 3.8) is 0 Å². The zero-order valence-electron chi connectivity index (χ0n) is 13.5. The van der Waals surface area contributed by atoms with E-state index in [-0.39, 0.29) is 36.8 Å². The van der Waals surface area contributed by atoms with Crippen molar-refractivity contribution in [2.75, 3.05) is 5.32 Å². The highest BCUT2D eigenvalue weighted by molar-refractivity contribution is 5.90. The van der Waals surface area contributed by atoms with Gasteiger partial charge in [-0.25, -0.2) is 4.39 Å². The summed E-state index contributed by atoms with van der Waals surface area (Å²) in [6.45, 7) is 2.03. The summed E-state index contributed by atoms with van der Waals surface area (Å²) in [5.74, 6) is 0.259. The Kier molecular flexibility index (Phi) is 8.22. The molecule has 1 amide bonds. The van der Waals surface area contributed by atoms with Gasteiger partial charge in [0.1, 0.15) is 18.2 Å². The number of nitrogens with two attached hydrogens (primary N) is 1. The van der Waals surface area contributed by atoms with E-state index in [9.17, 15) is 9.18 Å². The molecule has 0 heterocycles. The molecule has 0 aliphatic carbocycles. The number of carbonyl (C=O) groups excluding carboxylic acids is 1. The second-order valence-electron chi connectivity index (χ2n) is 5.47. The molecule has 3 N–H and O–H groups in total. The lowest BCUT2D eigenvalue weighted by molar-refractivity contribution is -0.116. The Hall–Kier alpha value is -2.11. The van der Waals surface area contributed by atoms with Gasteiger partial charge in [-0.3, -0.25) is 4.79 Å². The number of ether oxygens (including phenoxy) is 1. The normalized spacial score (nSPS) is 11.3. The highest BCUT2D eigenvalue weighted by Crippen LogP contribution is 2.18. The SMILES string of the molecule is CC(N)CCC(=O)Nc1ccc(OCc2ccccc2F)cc1.Cl. The van der Waals surface area contributed by atoms with Crippen LogP contribution in [-0.2, 0) is 11.4 Å². The first-order valence-corrected chi connectivity index (χ1v) is 7.56. The van der Waals surface area contributed by atoms with E-state index in [2.05, 4.69) is 5.32 Å². The van der Waals surface area contributed by atoms with Gasteiger partial charge in [-0.2, -0.15) is 0 Å². The third-order valence-electron chi connectivity index (χ3n) is 3.32. The number of halogens is 2. The van der Waals surface area contributed by atoms with E-state index in [0.29, 0.717) is 29.8 Å². The van der Waals surface area contributed by atoms with E-state index in [1.54, 1.807) is 42.5 Å². The molecule has 0 spiro atoms. The molecular formula is C18H22ClFN2O2. The van der Waals surface area contributed by atoms with E-state index < -0.39 is 0 Å². The first-order chi connectivity index (χ1) is 11.0. The van der Waals surface area contributed by atoms with Gasteiger partial charge >= 0.3 is 0 Å². The van der Waals surface area contributed by atoms with Gasteiger partial charge in [0, 0.05) is 23.7 Å². The summed E-state index contributed by atoms with van der Waals surface area (Å²) in [5, 5.41) is 2.80. The van der Waals surface area contributed by atoms with Gasteiger partial charge in [0.2, 0.25) is 5.91 Å². The minimum atomic E-state index is -0.287. The monoisotopic (exact) mass is 352 g/mol. The van der Waals surface area contributed by atoms with Gasteiger partial charge in [-0.15, -0.1) is 12.4 Å². The van der Waals surface area contributed by atoms with Crippen LogP contribution in [0, 0.1) is 5.82 Å². The van der Waals surface area contributed by atoms with Gasteiger partial charge in [-0.1, -0.05) is 18.2 Å². The summed E-state index contributed by atoms with van der Waals surface area (Å²) in [6, 6.07) is 13.5. The molecule has 0 saturated carbocycles. The maximum Gasteiger partial charge on any atom is 0.224 e. The summed E-state index contributed by atoms with van der Waals surface area (Å²) in [7, 11) is 0. The van der Waals surface area contributed by atoms with Crippen LogP contribution in [0.1, 0.15) is 25.3 Å². The van der Waals surface area contributed by atoms with Crippen molar-refractivity contribution in [3.05, 3.63) is 59.9 Å². The lowest BCUT2D eigenvalue weighted by Gasteiger charge is -2.09. The molecule has 0 aliphatic heterocycles. The Bertz CT molecular complexity index is 648. The van der Waals surface area contributed by atoms with Crippen LogP contribution < -0.4 is 15.8 Å². The van der Waals surface area contributed by atoms with Gasteiger partial charge in [0.05, 0.1) is 0 Å². The number of amides is 1. The van der Waals surface area contributed by atoms with E-state index in [4.69, 9.17) is 10.5 Å². The Balaban J connectivity index is 0.00000288. The minimum Gasteiger partial charge on any atom is -0.489 e. The van der Waals surface area contributed by atoms with Crippen LogP contribution >= 0.6 is 12.4 Å². The molecule has 4 nitrogen and oxygen atoms in total. The van der Waals surface area contributed by atoms with E-state index in [1.807, 2.05) is 6.92 Å². The van der Waals surface area contributed by atoms with E-state index in [0.717, 1.165) is 0 Å². The maximum absolute atomic E-state index is 13.5. The Morgan fingerprint density at radius 1 is 1.21 bits per heavy atom. The first-order valence-electron chi connectivity index (χ1n) is 7.56. The van der Waals surface area contributed by atoms with Crippen LogP contribution in [0.2, 0.25) is 0 Å². The molecule has 0 fully saturated rings. The topological polar surface area (TPSA) is 64.4 Å².